The molecular formula is C19H20O5S. The predicted molar refractivity (Wildman–Crippen MR) is 94.7 cm³/mol. The van der Waals surface area contributed by atoms with Gasteiger partial charge >= 0.3 is 5.97 Å². The Balaban J connectivity index is 1.81. The molecule has 3 rings (SSSR count). The summed E-state index contributed by atoms with van der Waals surface area (Å²) in [6.07, 6.45) is 1.28. The van der Waals surface area contributed by atoms with Crippen LogP contribution in [-0.2, 0) is 21.1 Å². The minimum absolute atomic E-state index is 0.0176. The van der Waals surface area contributed by atoms with Gasteiger partial charge in [-0.25, -0.2) is 8.42 Å². The van der Waals surface area contributed by atoms with Gasteiger partial charge in [0.2, 0.25) is 0 Å². The summed E-state index contributed by atoms with van der Waals surface area (Å²) in [7, 11) is -3.67. The lowest BCUT2D eigenvalue weighted by atomic mass is 9.92. The molecule has 2 aromatic carbocycles. The summed E-state index contributed by atoms with van der Waals surface area (Å²) in [5.41, 5.74) is 0.674. The fourth-order valence-corrected chi connectivity index (χ4v) is 5.28. The van der Waals surface area contributed by atoms with Crippen molar-refractivity contribution < 1.29 is 23.1 Å². The molecule has 1 unspecified atom stereocenters. The van der Waals surface area contributed by atoms with Gasteiger partial charge in [0.05, 0.1) is 5.75 Å². The molecule has 0 spiro atoms. The number of hydrogen-bond donors (Lipinski definition) is 1. The van der Waals surface area contributed by atoms with E-state index in [1.54, 1.807) is 24.3 Å². The second kappa shape index (κ2) is 6.88. The van der Waals surface area contributed by atoms with E-state index >= 15 is 0 Å². The van der Waals surface area contributed by atoms with Crippen LogP contribution in [0, 0.1) is 0 Å². The number of carboxylic acid groups (broad SMARTS) is 1. The van der Waals surface area contributed by atoms with E-state index in [1.807, 2.05) is 30.3 Å². The minimum Gasteiger partial charge on any atom is -0.480 e. The minimum atomic E-state index is -3.67. The monoisotopic (exact) mass is 360 g/mol. The summed E-state index contributed by atoms with van der Waals surface area (Å²) in [4.78, 5) is 11.8. The molecule has 132 valence electrons. The number of aliphatic carboxylic acids is 1. The summed E-state index contributed by atoms with van der Waals surface area (Å²) in [5, 5.41) is 9.63. The van der Waals surface area contributed by atoms with Crippen LogP contribution < -0.4 is 4.74 Å². The van der Waals surface area contributed by atoms with Crippen molar-refractivity contribution in [1.82, 2.24) is 0 Å². The quantitative estimate of drug-likeness (QED) is 0.883. The normalized spacial score (nSPS) is 22.2. The second-order valence-corrected chi connectivity index (χ2v) is 8.73. The summed E-state index contributed by atoms with van der Waals surface area (Å²) in [5.74, 6) is 0.00358. The molecule has 6 heteroatoms. The number of carbonyl (C=O) groups is 1. The van der Waals surface area contributed by atoms with Crippen LogP contribution in [0.2, 0.25) is 0 Å². The van der Waals surface area contributed by atoms with Gasteiger partial charge in [-0.15, -0.1) is 0 Å². The maximum absolute atomic E-state index is 12.5. The van der Waals surface area contributed by atoms with Crippen LogP contribution in [0.1, 0.15) is 24.8 Å². The molecule has 5 nitrogen and oxygen atoms in total. The standard InChI is InChI=1S/C19H20O5S/c20-18(21)19(12-4-5-13-25(19,22)23)14-15-8-10-17(11-9-15)24-16-6-2-1-3-7-16/h1-3,6-11H,4-5,12-14H2,(H,20,21). The Morgan fingerprint density at radius 2 is 1.64 bits per heavy atom. The zero-order valence-corrected chi connectivity index (χ0v) is 14.5. The van der Waals surface area contributed by atoms with Gasteiger partial charge in [-0.3, -0.25) is 4.79 Å². The molecule has 0 aliphatic carbocycles. The molecule has 0 radical (unpaired) electrons. The molecule has 1 heterocycles. The first-order valence-corrected chi connectivity index (χ1v) is 9.86. The molecule has 1 aliphatic rings. The van der Waals surface area contributed by atoms with Gasteiger partial charge in [-0.05, 0) is 42.7 Å². The highest BCUT2D eigenvalue weighted by Crippen LogP contribution is 2.35. The smallest absolute Gasteiger partial charge is 0.325 e. The van der Waals surface area contributed by atoms with Gasteiger partial charge in [-0.1, -0.05) is 36.8 Å². The molecular weight excluding hydrogens is 340 g/mol. The van der Waals surface area contributed by atoms with Gasteiger partial charge in [0, 0.05) is 6.42 Å². The fraction of sp³-hybridized carbons (Fsp3) is 0.316. The van der Waals surface area contributed by atoms with Crippen molar-refractivity contribution in [3.63, 3.8) is 0 Å². The SMILES string of the molecule is O=C(O)C1(Cc2ccc(Oc3ccccc3)cc2)CCCCS1(=O)=O. The number of rotatable bonds is 5. The molecule has 25 heavy (non-hydrogen) atoms. The van der Waals surface area contributed by atoms with Gasteiger partial charge in [0.15, 0.2) is 14.6 Å². The Morgan fingerprint density at radius 3 is 2.24 bits per heavy atom. The molecule has 1 aliphatic heterocycles. The summed E-state index contributed by atoms with van der Waals surface area (Å²) < 4.78 is 28.9. The fourth-order valence-electron chi connectivity index (χ4n) is 3.20. The number of hydrogen-bond acceptors (Lipinski definition) is 4. The Labute approximate surface area is 147 Å². The molecule has 2 aromatic rings. The van der Waals surface area contributed by atoms with Crippen LogP contribution in [0.5, 0.6) is 11.5 Å². The third-order valence-corrected chi connectivity index (χ3v) is 7.16. The van der Waals surface area contributed by atoms with E-state index < -0.39 is 20.6 Å². The van der Waals surface area contributed by atoms with Crippen LogP contribution in [-0.4, -0.2) is 30.0 Å². The zero-order valence-electron chi connectivity index (χ0n) is 13.7. The lowest BCUT2D eigenvalue weighted by Gasteiger charge is -2.32. The van der Waals surface area contributed by atoms with Crippen molar-refractivity contribution in [2.45, 2.75) is 30.4 Å². The Bertz CT molecular complexity index is 843. The van der Waals surface area contributed by atoms with E-state index in [2.05, 4.69) is 0 Å². The molecule has 0 amide bonds. The molecule has 1 fully saturated rings. The highest BCUT2D eigenvalue weighted by atomic mass is 32.2. The molecule has 1 N–H and O–H groups in total. The lowest BCUT2D eigenvalue weighted by molar-refractivity contribution is -0.140. The van der Waals surface area contributed by atoms with Crippen molar-refractivity contribution in [3.8, 4) is 11.5 Å². The van der Waals surface area contributed by atoms with E-state index in [4.69, 9.17) is 4.74 Å². The molecule has 1 saturated heterocycles. The highest BCUT2D eigenvalue weighted by Gasteiger charge is 2.51. The van der Waals surface area contributed by atoms with Crippen LogP contribution in [0.4, 0.5) is 0 Å². The number of carboxylic acids is 1. The summed E-state index contributed by atoms with van der Waals surface area (Å²) in [6, 6.07) is 16.2. The first-order valence-electron chi connectivity index (χ1n) is 8.20. The van der Waals surface area contributed by atoms with Gasteiger partial charge in [-0.2, -0.15) is 0 Å². The van der Waals surface area contributed by atoms with Crippen molar-refractivity contribution in [2.75, 3.05) is 5.75 Å². The number of sulfone groups is 1. The van der Waals surface area contributed by atoms with E-state index in [1.165, 1.54) is 0 Å². The van der Waals surface area contributed by atoms with Crippen molar-refractivity contribution in [1.29, 1.82) is 0 Å². The van der Waals surface area contributed by atoms with E-state index in [9.17, 15) is 18.3 Å². The van der Waals surface area contributed by atoms with Crippen LogP contribution >= 0.6 is 0 Å². The largest absolute Gasteiger partial charge is 0.480 e. The summed E-state index contributed by atoms with van der Waals surface area (Å²) in [6.45, 7) is 0. The van der Waals surface area contributed by atoms with Crippen LogP contribution in [0.15, 0.2) is 54.6 Å². The highest BCUT2D eigenvalue weighted by molar-refractivity contribution is 7.93. The van der Waals surface area contributed by atoms with Gasteiger partial charge < -0.3 is 9.84 Å². The third-order valence-electron chi connectivity index (χ3n) is 4.62. The number of benzene rings is 2. The van der Waals surface area contributed by atoms with E-state index in [0.29, 0.717) is 29.9 Å². The average molecular weight is 360 g/mol. The topological polar surface area (TPSA) is 80.7 Å². The van der Waals surface area contributed by atoms with Gasteiger partial charge in [0.25, 0.3) is 0 Å². The number of ether oxygens (including phenoxy) is 1. The maximum atomic E-state index is 12.5. The van der Waals surface area contributed by atoms with E-state index in [-0.39, 0.29) is 18.6 Å². The average Bonchev–Trinajstić information content (AvgIpc) is 2.59. The molecule has 1 atom stereocenters. The molecule has 0 bridgehead atoms. The Kier molecular flexibility index (Phi) is 4.81. The lowest BCUT2D eigenvalue weighted by Crippen LogP contribution is -2.51. The number of para-hydroxylation sites is 1. The van der Waals surface area contributed by atoms with Crippen molar-refractivity contribution in [3.05, 3.63) is 60.2 Å². The molecule has 0 aromatic heterocycles. The zero-order chi connectivity index (χ0) is 17.9. The van der Waals surface area contributed by atoms with Crippen LogP contribution in [0.25, 0.3) is 0 Å². The van der Waals surface area contributed by atoms with Gasteiger partial charge in [0.1, 0.15) is 11.5 Å². The van der Waals surface area contributed by atoms with Crippen molar-refractivity contribution in [2.24, 2.45) is 0 Å². The molecule has 0 saturated carbocycles. The maximum Gasteiger partial charge on any atom is 0.325 e. The first kappa shape index (κ1) is 17.5. The first-order chi connectivity index (χ1) is 11.9. The van der Waals surface area contributed by atoms with Crippen molar-refractivity contribution >= 4 is 15.8 Å². The van der Waals surface area contributed by atoms with E-state index in [0.717, 1.165) is 0 Å². The Hall–Kier alpha value is -2.34. The summed E-state index contributed by atoms with van der Waals surface area (Å²) >= 11 is 0. The Morgan fingerprint density at radius 1 is 1.00 bits per heavy atom. The third kappa shape index (κ3) is 3.54. The van der Waals surface area contributed by atoms with Crippen LogP contribution in [0.3, 0.4) is 0 Å². The predicted octanol–water partition coefficient (Wildman–Crippen LogP) is 3.44. The second-order valence-electron chi connectivity index (χ2n) is 6.31.